The number of hydrogen-bond acceptors (Lipinski definition) is 3. The number of aliphatic hydroxyl groups excluding tert-OH is 1. The molecule has 3 nitrogen and oxygen atoms in total. The molecule has 1 aromatic rings. The molecule has 3 N–H and O–H groups in total. The summed E-state index contributed by atoms with van der Waals surface area (Å²) in [6.45, 7) is 1.41. The molecule has 72 valence electrons. The van der Waals surface area contributed by atoms with E-state index in [1.165, 1.54) is 6.92 Å². The molecule has 0 amide bonds. The predicted octanol–water partition coefficient (Wildman–Crippen LogP) is 0.740. The van der Waals surface area contributed by atoms with Crippen LogP contribution in [0.4, 0.5) is 8.78 Å². The zero-order chi connectivity index (χ0) is 10.0. The van der Waals surface area contributed by atoms with Gasteiger partial charge < -0.3 is 10.8 Å². The molecular weight excluding hydrogens is 178 g/mol. The fraction of sp³-hybridized carbons (Fsp3) is 0.375. The highest BCUT2D eigenvalue weighted by Gasteiger charge is 2.18. The first-order valence-electron chi connectivity index (χ1n) is 3.77. The first kappa shape index (κ1) is 10.0. The molecule has 1 rings (SSSR count). The van der Waals surface area contributed by atoms with Gasteiger partial charge in [-0.3, -0.25) is 4.98 Å². The zero-order valence-corrected chi connectivity index (χ0v) is 7.04. The number of rotatable bonds is 2. The second-order valence-electron chi connectivity index (χ2n) is 2.79. The van der Waals surface area contributed by atoms with Crippen LogP contribution in [0.5, 0.6) is 0 Å². The minimum absolute atomic E-state index is 0.128. The molecule has 0 fully saturated rings. The van der Waals surface area contributed by atoms with Gasteiger partial charge in [-0.2, -0.15) is 0 Å². The largest absolute Gasteiger partial charge is 0.391 e. The summed E-state index contributed by atoms with van der Waals surface area (Å²) in [6, 6.07) is -0.245. The summed E-state index contributed by atoms with van der Waals surface area (Å²) >= 11 is 0. The lowest BCUT2D eigenvalue weighted by Crippen LogP contribution is -2.25. The Morgan fingerprint density at radius 3 is 2.62 bits per heavy atom. The topological polar surface area (TPSA) is 59.1 Å². The van der Waals surface area contributed by atoms with Crippen molar-refractivity contribution >= 4 is 0 Å². The van der Waals surface area contributed by atoms with E-state index in [4.69, 9.17) is 10.8 Å². The Hall–Kier alpha value is -1.07. The van der Waals surface area contributed by atoms with E-state index in [0.717, 1.165) is 6.20 Å². The average Bonchev–Trinajstić information content (AvgIpc) is 2.03. The molecular formula is C8H10F2N2O. The summed E-state index contributed by atoms with van der Waals surface area (Å²) in [7, 11) is 0. The first-order valence-corrected chi connectivity index (χ1v) is 3.77. The molecule has 2 atom stereocenters. The van der Waals surface area contributed by atoms with Crippen molar-refractivity contribution < 1.29 is 13.9 Å². The van der Waals surface area contributed by atoms with Gasteiger partial charge in [-0.25, -0.2) is 8.78 Å². The quantitative estimate of drug-likeness (QED) is 0.719. The minimum atomic E-state index is -0.930. The number of nitrogens with two attached hydrogens (primary N) is 1. The van der Waals surface area contributed by atoms with Gasteiger partial charge in [0.25, 0.3) is 0 Å². The van der Waals surface area contributed by atoms with Crippen molar-refractivity contribution in [1.82, 2.24) is 4.98 Å². The Morgan fingerprint density at radius 1 is 1.54 bits per heavy atom. The van der Waals surface area contributed by atoms with E-state index in [0.29, 0.717) is 6.07 Å². The number of nitrogens with zero attached hydrogens (tertiary/aromatic N) is 1. The third-order valence-corrected chi connectivity index (χ3v) is 1.67. The van der Waals surface area contributed by atoms with Crippen LogP contribution < -0.4 is 5.73 Å². The van der Waals surface area contributed by atoms with Crippen LogP contribution in [0.2, 0.25) is 0 Å². The van der Waals surface area contributed by atoms with Gasteiger partial charge in [0.1, 0.15) is 11.6 Å². The predicted molar refractivity (Wildman–Crippen MR) is 42.8 cm³/mol. The lowest BCUT2D eigenvalue weighted by molar-refractivity contribution is 0.160. The summed E-state index contributed by atoms with van der Waals surface area (Å²) in [4.78, 5) is 3.46. The monoisotopic (exact) mass is 188 g/mol. The molecule has 1 aromatic heterocycles. The summed E-state index contributed by atoms with van der Waals surface area (Å²) < 4.78 is 25.4. The van der Waals surface area contributed by atoms with Crippen LogP contribution in [0.25, 0.3) is 0 Å². The van der Waals surface area contributed by atoms with E-state index in [9.17, 15) is 8.78 Å². The molecule has 0 radical (unpaired) electrons. The zero-order valence-electron chi connectivity index (χ0n) is 7.04. The lowest BCUT2D eigenvalue weighted by Gasteiger charge is -2.14. The van der Waals surface area contributed by atoms with E-state index in [-0.39, 0.29) is 5.69 Å². The molecule has 5 heteroatoms. The van der Waals surface area contributed by atoms with Gasteiger partial charge in [0.2, 0.25) is 0 Å². The highest BCUT2D eigenvalue weighted by Crippen LogP contribution is 2.15. The van der Waals surface area contributed by atoms with Crippen LogP contribution in [-0.4, -0.2) is 16.2 Å². The second kappa shape index (κ2) is 3.76. The van der Waals surface area contributed by atoms with Crippen molar-refractivity contribution in [3.8, 4) is 0 Å². The number of aliphatic hydroxyl groups is 1. The van der Waals surface area contributed by atoms with Crippen LogP contribution in [0.1, 0.15) is 18.7 Å². The first-order chi connectivity index (χ1) is 6.02. The standard InChI is InChI=1S/C8H10F2N2O/c1-4(13)7(11)8-6(10)2-5(9)3-12-8/h2-4,7,13H,11H2,1H3/t4-,7-/m0/s1. The van der Waals surface area contributed by atoms with Gasteiger partial charge in [-0.15, -0.1) is 0 Å². The molecule has 0 unspecified atom stereocenters. The number of aromatic nitrogens is 1. The average molecular weight is 188 g/mol. The van der Waals surface area contributed by atoms with Gasteiger partial charge in [-0.1, -0.05) is 0 Å². The molecule has 0 aliphatic heterocycles. The van der Waals surface area contributed by atoms with Crippen LogP contribution in [-0.2, 0) is 0 Å². The summed E-state index contributed by atoms with van der Waals surface area (Å²) in [5, 5.41) is 9.04. The second-order valence-corrected chi connectivity index (χ2v) is 2.79. The number of halogens is 2. The minimum Gasteiger partial charge on any atom is -0.391 e. The van der Waals surface area contributed by atoms with E-state index in [1.54, 1.807) is 0 Å². The molecule has 0 saturated heterocycles. The van der Waals surface area contributed by atoms with Gasteiger partial charge in [0.15, 0.2) is 0 Å². The van der Waals surface area contributed by atoms with E-state index in [1.807, 2.05) is 0 Å². The Bertz CT molecular complexity index is 304. The third kappa shape index (κ3) is 2.19. The van der Waals surface area contributed by atoms with Gasteiger partial charge in [-0.05, 0) is 6.92 Å². The number of hydrogen-bond donors (Lipinski definition) is 2. The van der Waals surface area contributed by atoms with E-state index in [2.05, 4.69) is 4.98 Å². The molecule has 0 saturated carbocycles. The molecule has 0 aliphatic carbocycles. The molecule has 0 aliphatic rings. The van der Waals surface area contributed by atoms with Crippen LogP contribution in [0.3, 0.4) is 0 Å². The summed E-state index contributed by atoms with van der Waals surface area (Å²) in [6.07, 6.45) is -0.0619. The Morgan fingerprint density at radius 2 is 2.15 bits per heavy atom. The Balaban J connectivity index is 3.01. The highest BCUT2D eigenvalue weighted by molar-refractivity contribution is 5.13. The lowest BCUT2D eigenvalue weighted by atomic mass is 10.1. The van der Waals surface area contributed by atoms with Crippen LogP contribution >= 0.6 is 0 Å². The van der Waals surface area contributed by atoms with Gasteiger partial charge in [0, 0.05) is 6.07 Å². The van der Waals surface area contributed by atoms with E-state index < -0.39 is 23.8 Å². The maximum atomic E-state index is 13.0. The molecule has 1 heterocycles. The third-order valence-electron chi connectivity index (χ3n) is 1.67. The Kier molecular flexibility index (Phi) is 2.90. The van der Waals surface area contributed by atoms with Crippen molar-refractivity contribution in [3.63, 3.8) is 0 Å². The highest BCUT2D eigenvalue weighted by atomic mass is 19.1. The van der Waals surface area contributed by atoms with Crippen molar-refractivity contribution in [2.45, 2.75) is 19.1 Å². The molecule has 0 aromatic carbocycles. The molecule has 0 spiro atoms. The smallest absolute Gasteiger partial charge is 0.149 e. The fourth-order valence-electron chi connectivity index (χ4n) is 0.899. The SMILES string of the molecule is C[C@H](O)[C@H](N)c1ncc(F)cc1F. The number of pyridine rings is 1. The maximum absolute atomic E-state index is 13.0. The van der Waals surface area contributed by atoms with Gasteiger partial charge >= 0.3 is 0 Å². The molecule has 0 bridgehead atoms. The molecule has 13 heavy (non-hydrogen) atoms. The summed E-state index contributed by atoms with van der Waals surface area (Å²) in [5.41, 5.74) is 5.29. The van der Waals surface area contributed by atoms with Gasteiger partial charge in [0.05, 0.1) is 24.0 Å². The van der Waals surface area contributed by atoms with Crippen molar-refractivity contribution in [2.75, 3.05) is 0 Å². The van der Waals surface area contributed by atoms with Crippen LogP contribution in [0, 0.1) is 11.6 Å². The van der Waals surface area contributed by atoms with Crippen molar-refractivity contribution in [3.05, 3.63) is 29.6 Å². The fourth-order valence-corrected chi connectivity index (χ4v) is 0.899. The Labute approximate surface area is 74.2 Å². The maximum Gasteiger partial charge on any atom is 0.149 e. The van der Waals surface area contributed by atoms with E-state index >= 15 is 0 Å². The van der Waals surface area contributed by atoms with Crippen molar-refractivity contribution in [2.24, 2.45) is 5.73 Å². The normalized spacial score (nSPS) is 15.5. The van der Waals surface area contributed by atoms with Crippen LogP contribution in [0.15, 0.2) is 12.3 Å². The van der Waals surface area contributed by atoms with Crippen molar-refractivity contribution in [1.29, 1.82) is 0 Å². The summed E-state index contributed by atoms with van der Waals surface area (Å²) in [5.74, 6) is -1.60.